The molecular formula is C20H19N3O5. The Morgan fingerprint density at radius 2 is 1.93 bits per heavy atom. The summed E-state index contributed by atoms with van der Waals surface area (Å²) < 4.78 is 11.2. The number of amides is 1. The minimum absolute atomic E-state index is 0.193. The molecule has 3 aromatic rings. The van der Waals surface area contributed by atoms with Crippen molar-refractivity contribution in [1.82, 2.24) is 9.78 Å². The summed E-state index contributed by atoms with van der Waals surface area (Å²) in [5.74, 6) is -0.0597. The molecule has 144 valence electrons. The van der Waals surface area contributed by atoms with Gasteiger partial charge in [-0.15, -0.1) is 0 Å². The largest absolute Gasteiger partial charge is 0.465 e. The normalized spacial score (nSPS) is 10.5. The summed E-state index contributed by atoms with van der Waals surface area (Å²) in [6, 6.07) is 12.9. The maximum atomic E-state index is 12.1. The van der Waals surface area contributed by atoms with Gasteiger partial charge in [-0.05, 0) is 48.9 Å². The molecule has 0 aliphatic rings. The number of anilines is 1. The number of benzene rings is 1. The summed E-state index contributed by atoms with van der Waals surface area (Å²) in [6.45, 7) is 0.308. The quantitative estimate of drug-likeness (QED) is 0.631. The molecule has 0 aliphatic carbocycles. The number of nitrogens with zero attached hydrogens (tertiary/aromatic N) is 2. The Bertz CT molecular complexity index is 1010. The maximum absolute atomic E-state index is 12.1. The molecule has 0 saturated heterocycles. The molecule has 1 amide bonds. The van der Waals surface area contributed by atoms with Crippen LogP contribution in [0.2, 0.25) is 0 Å². The van der Waals surface area contributed by atoms with Gasteiger partial charge in [0.25, 0.3) is 5.56 Å². The van der Waals surface area contributed by atoms with Gasteiger partial charge >= 0.3 is 5.97 Å². The van der Waals surface area contributed by atoms with Gasteiger partial charge in [-0.25, -0.2) is 9.48 Å². The summed E-state index contributed by atoms with van der Waals surface area (Å²) in [5, 5.41) is 7.01. The molecule has 0 saturated carbocycles. The van der Waals surface area contributed by atoms with Crippen molar-refractivity contribution in [3.63, 3.8) is 0 Å². The molecule has 1 N–H and O–H groups in total. The second-order valence-corrected chi connectivity index (χ2v) is 5.98. The van der Waals surface area contributed by atoms with E-state index in [4.69, 9.17) is 4.42 Å². The monoisotopic (exact) mass is 381 g/mol. The molecule has 3 rings (SSSR count). The van der Waals surface area contributed by atoms with Crippen LogP contribution >= 0.6 is 0 Å². The molecular weight excluding hydrogens is 362 g/mol. The molecule has 0 fully saturated rings. The molecule has 0 unspecified atom stereocenters. The number of ether oxygens (including phenoxy) is 1. The molecule has 0 aliphatic heterocycles. The lowest BCUT2D eigenvalue weighted by molar-refractivity contribution is -0.116. The summed E-state index contributed by atoms with van der Waals surface area (Å²) in [4.78, 5) is 35.4. The first-order chi connectivity index (χ1) is 13.6. The first kappa shape index (κ1) is 19.1. The molecule has 0 atom stereocenters. The molecule has 28 heavy (non-hydrogen) atoms. The highest BCUT2D eigenvalue weighted by Crippen LogP contribution is 2.15. The van der Waals surface area contributed by atoms with Crippen molar-refractivity contribution in [3.8, 4) is 11.5 Å². The fourth-order valence-electron chi connectivity index (χ4n) is 2.59. The molecule has 8 heteroatoms. The highest BCUT2D eigenvalue weighted by molar-refractivity contribution is 5.93. The Labute approximate surface area is 160 Å². The fraction of sp³-hybridized carbons (Fsp3) is 0.200. The van der Waals surface area contributed by atoms with E-state index >= 15 is 0 Å². The zero-order valence-electron chi connectivity index (χ0n) is 15.3. The third-order valence-electron chi connectivity index (χ3n) is 4.00. The van der Waals surface area contributed by atoms with Crippen molar-refractivity contribution in [3.05, 3.63) is 70.7 Å². The molecule has 2 aromatic heterocycles. The maximum Gasteiger partial charge on any atom is 0.337 e. The van der Waals surface area contributed by atoms with Crippen LogP contribution in [0.25, 0.3) is 11.5 Å². The van der Waals surface area contributed by atoms with Crippen LogP contribution in [0.3, 0.4) is 0 Å². The van der Waals surface area contributed by atoms with E-state index < -0.39 is 5.97 Å². The highest BCUT2D eigenvalue weighted by atomic mass is 16.5. The second-order valence-electron chi connectivity index (χ2n) is 5.98. The Kier molecular flexibility index (Phi) is 6.01. The Hall–Kier alpha value is -3.68. The SMILES string of the molecule is COC(=O)c1ccc(NC(=O)CCCn2nc(-c3ccco3)ccc2=O)cc1. The van der Waals surface area contributed by atoms with E-state index in [9.17, 15) is 14.4 Å². The molecule has 0 radical (unpaired) electrons. The number of aryl methyl sites for hydroxylation is 1. The van der Waals surface area contributed by atoms with Crippen LogP contribution in [-0.4, -0.2) is 28.8 Å². The van der Waals surface area contributed by atoms with E-state index in [2.05, 4.69) is 15.2 Å². The lowest BCUT2D eigenvalue weighted by atomic mass is 10.2. The second kappa shape index (κ2) is 8.81. The number of rotatable bonds is 7. The average Bonchev–Trinajstić information content (AvgIpc) is 3.24. The standard InChI is InChI=1S/C20H19N3O5/c1-27-20(26)14-6-8-15(9-7-14)21-18(24)5-2-12-23-19(25)11-10-16(22-23)17-4-3-13-28-17/h3-4,6-11,13H,2,5,12H2,1H3,(H,21,24). The van der Waals surface area contributed by atoms with Crippen LogP contribution in [-0.2, 0) is 16.1 Å². The minimum atomic E-state index is -0.437. The van der Waals surface area contributed by atoms with Crippen LogP contribution in [0, 0.1) is 0 Å². The van der Waals surface area contributed by atoms with Crippen molar-refractivity contribution in [2.24, 2.45) is 0 Å². The Morgan fingerprint density at radius 3 is 2.61 bits per heavy atom. The number of furan rings is 1. The number of nitrogens with one attached hydrogen (secondary N) is 1. The number of hydrogen-bond acceptors (Lipinski definition) is 6. The number of esters is 1. The van der Waals surface area contributed by atoms with E-state index in [0.717, 1.165) is 0 Å². The van der Waals surface area contributed by atoms with Crippen molar-refractivity contribution < 1.29 is 18.7 Å². The summed E-state index contributed by atoms with van der Waals surface area (Å²) in [6.07, 6.45) is 2.20. The van der Waals surface area contributed by atoms with Gasteiger partial charge < -0.3 is 14.5 Å². The summed E-state index contributed by atoms with van der Waals surface area (Å²) in [7, 11) is 1.31. The van der Waals surface area contributed by atoms with Crippen molar-refractivity contribution in [1.29, 1.82) is 0 Å². The van der Waals surface area contributed by atoms with Crippen molar-refractivity contribution in [2.75, 3.05) is 12.4 Å². The first-order valence-corrected chi connectivity index (χ1v) is 8.67. The molecule has 2 heterocycles. The third-order valence-corrected chi connectivity index (χ3v) is 4.00. The number of methoxy groups -OCH3 is 1. The topological polar surface area (TPSA) is 103 Å². The van der Waals surface area contributed by atoms with E-state index in [1.54, 1.807) is 42.5 Å². The smallest absolute Gasteiger partial charge is 0.337 e. The van der Waals surface area contributed by atoms with Gasteiger partial charge in [0.05, 0.1) is 18.9 Å². The molecule has 0 spiro atoms. The number of aromatic nitrogens is 2. The van der Waals surface area contributed by atoms with Gasteiger partial charge in [-0.3, -0.25) is 9.59 Å². The summed E-state index contributed by atoms with van der Waals surface area (Å²) >= 11 is 0. The Morgan fingerprint density at radius 1 is 1.14 bits per heavy atom. The average molecular weight is 381 g/mol. The number of carbonyl (C=O) groups is 2. The van der Waals surface area contributed by atoms with Gasteiger partial charge in [-0.2, -0.15) is 5.10 Å². The lowest BCUT2D eigenvalue weighted by Crippen LogP contribution is -2.23. The predicted molar refractivity (Wildman–Crippen MR) is 102 cm³/mol. The fourth-order valence-corrected chi connectivity index (χ4v) is 2.59. The molecule has 0 bridgehead atoms. The van der Waals surface area contributed by atoms with Crippen LogP contribution in [0.15, 0.2) is 64.0 Å². The molecule has 8 nitrogen and oxygen atoms in total. The first-order valence-electron chi connectivity index (χ1n) is 8.67. The lowest BCUT2D eigenvalue weighted by Gasteiger charge is -2.07. The number of hydrogen-bond donors (Lipinski definition) is 1. The van der Waals surface area contributed by atoms with E-state index in [1.165, 1.54) is 24.1 Å². The third kappa shape index (κ3) is 4.73. The highest BCUT2D eigenvalue weighted by Gasteiger charge is 2.08. The Balaban J connectivity index is 1.53. The van der Waals surface area contributed by atoms with E-state index in [-0.39, 0.29) is 17.9 Å². The van der Waals surface area contributed by atoms with Crippen molar-refractivity contribution in [2.45, 2.75) is 19.4 Å². The van der Waals surface area contributed by atoms with E-state index in [1.807, 2.05) is 0 Å². The van der Waals surface area contributed by atoms with Crippen LogP contribution in [0.1, 0.15) is 23.2 Å². The van der Waals surface area contributed by atoms with E-state index in [0.29, 0.717) is 35.7 Å². The minimum Gasteiger partial charge on any atom is -0.465 e. The van der Waals surface area contributed by atoms with Crippen LogP contribution in [0.5, 0.6) is 0 Å². The zero-order valence-corrected chi connectivity index (χ0v) is 15.3. The van der Waals surface area contributed by atoms with Gasteiger partial charge in [0.15, 0.2) is 5.76 Å². The zero-order chi connectivity index (χ0) is 19.9. The van der Waals surface area contributed by atoms with Gasteiger partial charge in [0.2, 0.25) is 5.91 Å². The van der Waals surface area contributed by atoms with Crippen LogP contribution < -0.4 is 10.9 Å². The summed E-state index contributed by atoms with van der Waals surface area (Å²) in [5.41, 5.74) is 1.30. The van der Waals surface area contributed by atoms with Crippen molar-refractivity contribution >= 4 is 17.6 Å². The van der Waals surface area contributed by atoms with Gasteiger partial charge in [-0.1, -0.05) is 0 Å². The molecule has 1 aromatic carbocycles. The predicted octanol–water partition coefficient (Wildman–Crippen LogP) is 2.71. The van der Waals surface area contributed by atoms with Crippen LogP contribution in [0.4, 0.5) is 5.69 Å². The van der Waals surface area contributed by atoms with Gasteiger partial charge in [0.1, 0.15) is 5.69 Å². The van der Waals surface area contributed by atoms with Gasteiger partial charge in [0, 0.05) is 24.7 Å². The number of carbonyl (C=O) groups excluding carboxylic acids is 2.